The third-order valence-corrected chi connectivity index (χ3v) is 5.26. The highest BCUT2D eigenvalue weighted by atomic mass is 16.5. The predicted molar refractivity (Wildman–Crippen MR) is 129 cm³/mol. The van der Waals surface area contributed by atoms with Crippen LogP contribution in [0.25, 0.3) is 0 Å². The maximum absolute atomic E-state index is 12.9. The molecule has 0 aliphatic heterocycles. The van der Waals surface area contributed by atoms with E-state index in [1.807, 2.05) is 41.3 Å². The molecular formula is C27H27N3O3. The van der Waals surface area contributed by atoms with Gasteiger partial charge in [-0.05, 0) is 59.5 Å². The highest BCUT2D eigenvalue weighted by Crippen LogP contribution is 2.21. The molecule has 0 saturated carbocycles. The van der Waals surface area contributed by atoms with Crippen molar-refractivity contribution in [2.45, 2.75) is 26.3 Å². The van der Waals surface area contributed by atoms with Crippen molar-refractivity contribution in [1.29, 1.82) is 5.26 Å². The molecule has 0 atom stereocenters. The van der Waals surface area contributed by atoms with Crippen LogP contribution in [0.5, 0.6) is 0 Å². The monoisotopic (exact) mass is 441 g/mol. The van der Waals surface area contributed by atoms with Gasteiger partial charge in [-0.15, -0.1) is 0 Å². The van der Waals surface area contributed by atoms with E-state index in [4.69, 9.17) is 4.74 Å². The molecule has 1 N–H and O–H groups in total. The third kappa shape index (κ3) is 6.44. The quantitative estimate of drug-likeness (QED) is 0.491. The topological polar surface area (TPSA) is 82.4 Å². The molecule has 0 aliphatic rings. The van der Waals surface area contributed by atoms with E-state index < -0.39 is 5.97 Å². The minimum absolute atomic E-state index is 0.0727. The standard InChI is InChI=1S/C27H27N3O3/c1-19(2)22-10-12-24(13-11-22)29-26(31)18-30(25-9-5-6-20(15-25)16-28)17-21-7-4-8-23(14-21)27(32)33-3/h4-15,19H,17-18H2,1-3H3,(H,29,31). The number of methoxy groups -OCH3 is 1. The van der Waals surface area contributed by atoms with E-state index in [0.29, 0.717) is 23.6 Å². The molecule has 0 radical (unpaired) electrons. The zero-order valence-corrected chi connectivity index (χ0v) is 19.0. The summed E-state index contributed by atoms with van der Waals surface area (Å²) in [6.07, 6.45) is 0. The molecule has 0 spiro atoms. The number of amides is 1. The molecular weight excluding hydrogens is 414 g/mol. The second-order valence-corrected chi connectivity index (χ2v) is 8.04. The van der Waals surface area contributed by atoms with Gasteiger partial charge in [0, 0.05) is 17.9 Å². The van der Waals surface area contributed by atoms with Crippen LogP contribution in [0.3, 0.4) is 0 Å². The normalized spacial score (nSPS) is 10.4. The summed E-state index contributed by atoms with van der Waals surface area (Å²) in [5, 5.41) is 12.2. The number of anilines is 2. The summed E-state index contributed by atoms with van der Waals surface area (Å²) in [5.41, 5.74) is 4.45. The van der Waals surface area contributed by atoms with E-state index in [9.17, 15) is 14.9 Å². The number of benzene rings is 3. The minimum atomic E-state index is -0.419. The lowest BCUT2D eigenvalue weighted by Crippen LogP contribution is -2.33. The average Bonchev–Trinajstić information content (AvgIpc) is 2.83. The molecule has 0 fully saturated rings. The Balaban J connectivity index is 1.82. The molecule has 0 aromatic heterocycles. The summed E-state index contributed by atoms with van der Waals surface area (Å²) in [6.45, 7) is 4.69. The second-order valence-electron chi connectivity index (χ2n) is 8.04. The summed E-state index contributed by atoms with van der Waals surface area (Å²) < 4.78 is 4.81. The predicted octanol–water partition coefficient (Wildman–Crippen LogP) is 5.11. The van der Waals surface area contributed by atoms with E-state index in [0.717, 1.165) is 16.9 Å². The molecule has 0 aliphatic carbocycles. The molecule has 0 saturated heterocycles. The fourth-order valence-electron chi connectivity index (χ4n) is 3.47. The molecule has 3 aromatic carbocycles. The van der Waals surface area contributed by atoms with E-state index in [-0.39, 0.29) is 12.5 Å². The van der Waals surface area contributed by atoms with Gasteiger partial charge in [0.15, 0.2) is 0 Å². The molecule has 168 valence electrons. The zero-order chi connectivity index (χ0) is 23.8. The van der Waals surface area contributed by atoms with Crippen molar-refractivity contribution in [1.82, 2.24) is 0 Å². The van der Waals surface area contributed by atoms with E-state index in [1.54, 1.807) is 36.4 Å². The highest BCUT2D eigenvalue weighted by Gasteiger charge is 2.15. The lowest BCUT2D eigenvalue weighted by Gasteiger charge is -2.25. The van der Waals surface area contributed by atoms with Crippen LogP contribution in [-0.2, 0) is 16.1 Å². The maximum atomic E-state index is 12.9. The van der Waals surface area contributed by atoms with Gasteiger partial charge in [-0.1, -0.05) is 44.2 Å². The van der Waals surface area contributed by atoms with Crippen LogP contribution in [0.15, 0.2) is 72.8 Å². The lowest BCUT2D eigenvalue weighted by molar-refractivity contribution is -0.115. The van der Waals surface area contributed by atoms with Gasteiger partial charge in [0.1, 0.15) is 0 Å². The Morgan fingerprint density at radius 3 is 2.42 bits per heavy atom. The fourth-order valence-corrected chi connectivity index (χ4v) is 3.47. The fraction of sp³-hybridized carbons (Fsp3) is 0.222. The number of ether oxygens (including phenoxy) is 1. The molecule has 0 bridgehead atoms. The Kier molecular flexibility index (Phi) is 7.82. The second kappa shape index (κ2) is 11.0. The lowest BCUT2D eigenvalue weighted by atomic mass is 10.0. The number of esters is 1. The number of nitrogens with one attached hydrogen (secondary N) is 1. The van der Waals surface area contributed by atoms with Crippen LogP contribution >= 0.6 is 0 Å². The largest absolute Gasteiger partial charge is 0.465 e. The number of carbonyl (C=O) groups excluding carboxylic acids is 2. The molecule has 6 heteroatoms. The van der Waals surface area contributed by atoms with Gasteiger partial charge in [0.2, 0.25) is 5.91 Å². The molecule has 3 rings (SSSR count). The van der Waals surface area contributed by atoms with Crippen molar-refractivity contribution in [3.05, 3.63) is 95.1 Å². The van der Waals surface area contributed by atoms with Gasteiger partial charge in [0.25, 0.3) is 0 Å². The van der Waals surface area contributed by atoms with Crippen LogP contribution in [0.2, 0.25) is 0 Å². The molecule has 0 heterocycles. The summed E-state index contributed by atoms with van der Waals surface area (Å²) in [4.78, 5) is 26.7. The smallest absolute Gasteiger partial charge is 0.337 e. The third-order valence-electron chi connectivity index (χ3n) is 5.26. The summed E-state index contributed by atoms with van der Waals surface area (Å²) in [7, 11) is 1.34. The van der Waals surface area contributed by atoms with Crippen LogP contribution in [-0.4, -0.2) is 25.5 Å². The van der Waals surface area contributed by atoms with Crippen molar-refractivity contribution in [2.24, 2.45) is 0 Å². The average molecular weight is 442 g/mol. The zero-order valence-electron chi connectivity index (χ0n) is 19.0. The first-order chi connectivity index (χ1) is 15.9. The minimum Gasteiger partial charge on any atom is -0.465 e. The van der Waals surface area contributed by atoms with Crippen molar-refractivity contribution >= 4 is 23.3 Å². The Morgan fingerprint density at radius 2 is 1.76 bits per heavy atom. The SMILES string of the molecule is COC(=O)c1cccc(CN(CC(=O)Nc2ccc(C(C)C)cc2)c2cccc(C#N)c2)c1. The highest BCUT2D eigenvalue weighted by molar-refractivity contribution is 5.94. The summed E-state index contributed by atoms with van der Waals surface area (Å²) >= 11 is 0. The van der Waals surface area contributed by atoms with Gasteiger partial charge < -0.3 is 15.0 Å². The van der Waals surface area contributed by atoms with Gasteiger partial charge in [-0.2, -0.15) is 5.26 Å². The van der Waals surface area contributed by atoms with Crippen LogP contribution in [0, 0.1) is 11.3 Å². The van der Waals surface area contributed by atoms with Gasteiger partial charge >= 0.3 is 5.97 Å². The first-order valence-corrected chi connectivity index (χ1v) is 10.7. The van der Waals surface area contributed by atoms with Crippen LogP contribution < -0.4 is 10.2 Å². The van der Waals surface area contributed by atoms with Crippen molar-refractivity contribution in [3.8, 4) is 6.07 Å². The van der Waals surface area contributed by atoms with E-state index in [2.05, 4.69) is 25.2 Å². The van der Waals surface area contributed by atoms with Crippen LogP contribution in [0.4, 0.5) is 11.4 Å². The van der Waals surface area contributed by atoms with Crippen molar-refractivity contribution in [2.75, 3.05) is 23.9 Å². The number of nitriles is 1. The molecule has 33 heavy (non-hydrogen) atoms. The van der Waals surface area contributed by atoms with Gasteiger partial charge in [-0.3, -0.25) is 4.79 Å². The van der Waals surface area contributed by atoms with Crippen molar-refractivity contribution < 1.29 is 14.3 Å². The Hall–Kier alpha value is -4.11. The number of hydrogen-bond donors (Lipinski definition) is 1. The van der Waals surface area contributed by atoms with E-state index in [1.165, 1.54) is 12.7 Å². The Labute approximate surface area is 194 Å². The Bertz CT molecular complexity index is 1160. The summed E-state index contributed by atoms with van der Waals surface area (Å²) in [6, 6.07) is 24.1. The molecule has 1 amide bonds. The number of hydrogen-bond acceptors (Lipinski definition) is 5. The molecule has 0 unspecified atom stereocenters. The maximum Gasteiger partial charge on any atom is 0.337 e. The first-order valence-electron chi connectivity index (χ1n) is 10.7. The van der Waals surface area contributed by atoms with Gasteiger partial charge in [0.05, 0.1) is 30.9 Å². The van der Waals surface area contributed by atoms with Crippen molar-refractivity contribution in [3.63, 3.8) is 0 Å². The number of nitrogens with zero attached hydrogens (tertiary/aromatic N) is 2. The Morgan fingerprint density at radius 1 is 1.03 bits per heavy atom. The number of rotatable bonds is 8. The molecule has 6 nitrogen and oxygen atoms in total. The van der Waals surface area contributed by atoms with Gasteiger partial charge in [-0.25, -0.2) is 4.79 Å². The van der Waals surface area contributed by atoms with Crippen LogP contribution in [0.1, 0.15) is 46.8 Å². The van der Waals surface area contributed by atoms with E-state index >= 15 is 0 Å². The number of carbonyl (C=O) groups is 2. The molecule has 3 aromatic rings. The summed E-state index contributed by atoms with van der Waals surface area (Å²) in [5.74, 6) is -0.186. The first kappa shape index (κ1) is 23.6.